The molecule has 3 rings (SSSR count). The molecule has 0 heterocycles. The molecule has 160 valence electrons. The molecule has 0 bridgehead atoms. The van der Waals surface area contributed by atoms with Gasteiger partial charge in [0.2, 0.25) is 0 Å². The number of hydrogen-bond acceptors (Lipinski definition) is 4. The highest BCUT2D eigenvalue weighted by Gasteiger charge is 2.13. The fourth-order valence-electron chi connectivity index (χ4n) is 2.85. The summed E-state index contributed by atoms with van der Waals surface area (Å²) >= 11 is 3.38. The molecule has 3 aromatic rings. The standard InChI is InChI=1S/C25H20BrN3O3/c1-17-6-5-9-22(12-17)28-24(30)16-32-23-11-10-20(26)14-18(23)13-19(15-27)25(31)29-21-7-3-2-4-8-21/h2-14H,16H2,1H3,(H,28,30)(H,29,31)/b19-13+. The van der Waals surface area contributed by atoms with Crippen molar-refractivity contribution in [3.05, 3.63) is 94.0 Å². The van der Waals surface area contributed by atoms with Gasteiger partial charge in [-0.1, -0.05) is 46.3 Å². The molecule has 0 aliphatic rings. The van der Waals surface area contributed by atoms with Gasteiger partial charge in [0.05, 0.1) is 0 Å². The molecule has 0 radical (unpaired) electrons. The minimum absolute atomic E-state index is 0.0963. The molecule has 0 aliphatic heterocycles. The van der Waals surface area contributed by atoms with Crippen LogP contribution in [-0.2, 0) is 9.59 Å². The van der Waals surface area contributed by atoms with Crippen LogP contribution in [0.2, 0.25) is 0 Å². The summed E-state index contributed by atoms with van der Waals surface area (Å²) in [4.78, 5) is 24.8. The van der Waals surface area contributed by atoms with Crippen molar-refractivity contribution in [3.8, 4) is 11.8 Å². The third kappa shape index (κ3) is 6.56. The van der Waals surface area contributed by atoms with E-state index >= 15 is 0 Å². The van der Waals surface area contributed by atoms with Crippen LogP contribution in [0, 0.1) is 18.3 Å². The average Bonchev–Trinajstić information content (AvgIpc) is 2.77. The maximum atomic E-state index is 12.5. The monoisotopic (exact) mass is 489 g/mol. The van der Waals surface area contributed by atoms with Gasteiger partial charge in [0, 0.05) is 21.4 Å². The molecule has 7 heteroatoms. The summed E-state index contributed by atoms with van der Waals surface area (Å²) in [5.74, 6) is -0.495. The maximum absolute atomic E-state index is 12.5. The van der Waals surface area contributed by atoms with Crippen molar-refractivity contribution in [2.24, 2.45) is 0 Å². The van der Waals surface area contributed by atoms with E-state index in [2.05, 4.69) is 26.6 Å². The molecule has 0 saturated carbocycles. The number of rotatable bonds is 7. The number of hydrogen-bond donors (Lipinski definition) is 2. The molecule has 0 aromatic heterocycles. The lowest BCUT2D eigenvalue weighted by Crippen LogP contribution is -2.20. The summed E-state index contributed by atoms with van der Waals surface area (Å²) in [5, 5.41) is 15.0. The van der Waals surface area contributed by atoms with Crippen LogP contribution in [-0.4, -0.2) is 18.4 Å². The quantitative estimate of drug-likeness (QED) is 0.347. The Morgan fingerprint density at radius 3 is 2.47 bits per heavy atom. The Balaban J connectivity index is 1.74. The van der Waals surface area contributed by atoms with Crippen LogP contribution in [0.1, 0.15) is 11.1 Å². The summed E-state index contributed by atoms with van der Waals surface area (Å²) in [6, 6.07) is 23.4. The Hall–Kier alpha value is -3.89. The molecule has 2 amide bonds. The molecule has 2 N–H and O–H groups in total. The Morgan fingerprint density at radius 1 is 1.00 bits per heavy atom. The van der Waals surface area contributed by atoms with Crippen LogP contribution < -0.4 is 15.4 Å². The number of carbonyl (C=O) groups excluding carboxylic acids is 2. The fourth-order valence-corrected chi connectivity index (χ4v) is 3.23. The number of amides is 2. The number of halogens is 1. The number of carbonyl (C=O) groups is 2. The minimum Gasteiger partial charge on any atom is -0.483 e. The van der Waals surface area contributed by atoms with Crippen LogP contribution >= 0.6 is 15.9 Å². The highest BCUT2D eigenvalue weighted by molar-refractivity contribution is 9.10. The predicted molar refractivity (Wildman–Crippen MR) is 128 cm³/mol. The number of nitrogens with one attached hydrogen (secondary N) is 2. The molecule has 3 aromatic carbocycles. The van der Waals surface area contributed by atoms with Gasteiger partial charge in [0.1, 0.15) is 17.4 Å². The van der Waals surface area contributed by atoms with Crippen molar-refractivity contribution in [1.29, 1.82) is 5.26 Å². The molecular formula is C25H20BrN3O3. The van der Waals surface area contributed by atoms with Crippen LogP contribution in [0.5, 0.6) is 5.75 Å². The maximum Gasteiger partial charge on any atom is 0.266 e. The predicted octanol–water partition coefficient (Wildman–Crippen LogP) is 5.32. The van der Waals surface area contributed by atoms with Crippen LogP contribution in [0.25, 0.3) is 6.08 Å². The zero-order valence-corrected chi connectivity index (χ0v) is 18.8. The lowest BCUT2D eigenvalue weighted by molar-refractivity contribution is -0.118. The van der Waals surface area contributed by atoms with E-state index in [4.69, 9.17) is 4.74 Å². The van der Waals surface area contributed by atoms with Gasteiger partial charge in [-0.05, 0) is 61.0 Å². The number of ether oxygens (including phenoxy) is 1. The topological polar surface area (TPSA) is 91.2 Å². The normalized spacial score (nSPS) is 10.7. The van der Waals surface area contributed by atoms with Crippen molar-refractivity contribution < 1.29 is 14.3 Å². The Labute approximate surface area is 194 Å². The molecule has 0 saturated heterocycles. The molecule has 6 nitrogen and oxygen atoms in total. The first kappa shape index (κ1) is 22.8. The molecule has 0 unspecified atom stereocenters. The van der Waals surface area contributed by atoms with Crippen molar-refractivity contribution in [2.75, 3.05) is 17.2 Å². The van der Waals surface area contributed by atoms with Gasteiger partial charge >= 0.3 is 0 Å². The van der Waals surface area contributed by atoms with E-state index in [1.165, 1.54) is 6.08 Å². The smallest absolute Gasteiger partial charge is 0.266 e. The Kier molecular flexibility index (Phi) is 7.79. The van der Waals surface area contributed by atoms with Gasteiger partial charge < -0.3 is 15.4 Å². The molecule has 0 aliphatic carbocycles. The first-order valence-electron chi connectivity index (χ1n) is 9.71. The van der Waals surface area contributed by atoms with Gasteiger partial charge in [0.15, 0.2) is 6.61 Å². The first-order valence-corrected chi connectivity index (χ1v) is 10.5. The number of anilines is 2. The van der Waals surface area contributed by atoms with E-state index in [0.29, 0.717) is 22.7 Å². The number of aryl methyl sites for hydroxylation is 1. The third-order valence-corrected chi connectivity index (χ3v) is 4.82. The van der Waals surface area contributed by atoms with Crippen LogP contribution in [0.15, 0.2) is 82.8 Å². The average molecular weight is 490 g/mol. The largest absolute Gasteiger partial charge is 0.483 e. The molecule has 0 atom stereocenters. The highest BCUT2D eigenvalue weighted by Crippen LogP contribution is 2.26. The van der Waals surface area contributed by atoms with E-state index in [9.17, 15) is 14.9 Å². The molecule has 32 heavy (non-hydrogen) atoms. The number of nitrogens with zero attached hydrogens (tertiary/aromatic N) is 1. The summed E-state index contributed by atoms with van der Waals surface area (Å²) in [5.41, 5.74) is 2.68. The highest BCUT2D eigenvalue weighted by atomic mass is 79.9. The van der Waals surface area contributed by atoms with Gasteiger partial charge in [-0.25, -0.2) is 0 Å². The van der Waals surface area contributed by atoms with Crippen molar-refractivity contribution in [3.63, 3.8) is 0 Å². The number of para-hydroxylation sites is 1. The van der Waals surface area contributed by atoms with Gasteiger partial charge in [-0.2, -0.15) is 5.26 Å². The summed E-state index contributed by atoms with van der Waals surface area (Å²) < 4.78 is 6.42. The SMILES string of the molecule is Cc1cccc(NC(=O)COc2ccc(Br)cc2/C=C(\C#N)C(=O)Nc2ccccc2)c1. The van der Waals surface area contributed by atoms with Crippen molar-refractivity contribution in [2.45, 2.75) is 6.92 Å². The van der Waals surface area contributed by atoms with E-state index < -0.39 is 5.91 Å². The third-order valence-electron chi connectivity index (χ3n) is 4.33. The number of nitriles is 1. The summed E-state index contributed by atoms with van der Waals surface area (Å²) in [7, 11) is 0. The van der Waals surface area contributed by atoms with Gasteiger partial charge in [-0.3, -0.25) is 9.59 Å². The molecule has 0 fully saturated rings. The van der Waals surface area contributed by atoms with E-state index in [0.717, 1.165) is 10.0 Å². The first-order chi connectivity index (χ1) is 15.4. The van der Waals surface area contributed by atoms with Crippen molar-refractivity contribution >= 4 is 45.2 Å². The molecule has 0 spiro atoms. The van der Waals surface area contributed by atoms with Gasteiger partial charge in [-0.15, -0.1) is 0 Å². The second kappa shape index (κ2) is 10.9. The van der Waals surface area contributed by atoms with E-state index in [-0.39, 0.29) is 18.1 Å². The summed E-state index contributed by atoms with van der Waals surface area (Å²) in [6.45, 7) is 1.71. The Bertz CT molecular complexity index is 1200. The summed E-state index contributed by atoms with van der Waals surface area (Å²) in [6.07, 6.45) is 1.43. The van der Waals surface area contributed by atoms with Crippen LogP contribution in [0.3, 0.4) is 0 Å². The minimum atomic E-state index is -0.540. The van der Waals surface area contributed by atoms with E-state index in [1.807, 2.05) is 37.3 Å². The second-order valence-corrected chi connectivity index (χ2v) is 7.79. The Morgan fingerprint density at radius 2 is 1.75 bits per heavy atom. The lowest BCUT2D eigenvalue weighted by atomic mass is 10.1. The molecular weight excluding hydrogens is 470 g/mol. The zero-order chi connectivity index (χ0) is 22.9. The van der Waals surface area contributed by atoms with Crippen LogP contribution in [0.4, 0.5) is 11.4 Å². The fraction of sp³-hybridized carbons (Fsp3) is 0.0800. The number of benzene rings is 3. The van der Waals surface area contributed by atoms with Crippen molar-refractivity contribution in [1.82, 2.24) is 0 Å². The zero-order valence-electron chi connectivity index (χ0n) is 17.3. The van der Waals surface area contributed by atoms with E-state index in [1.54, 1.807) is 48.5 Å². The van der Waals surface area contributed by atoms with Gasteiger partial charge in [0.25, 0.3) is 11.8 Å². The second-order valence-electron chi connectivity index (χ2n) is 6.88. The lowest BCUT2D eigenvalue weighted by Gasteiger charge is -2.11.